The van der Waals surface area contributed by atoms with Gasteiger partial charge in [0, 0.05) is 49.3 Å². The number of carbonyl (C=O) groups excluding carboxylic acids is 11. The van der Waals surface area contributed by atoms with E-state index in [1.807, 2.05) is 55.4 Å². The molecule has 0 aromatic heterocycles. The fraction of sp³-hybridized carbons (Fsp3) is 0.762. The number of allylic oxidation sites excluding steroid dienone is 2. The Bertz CT molecular complexity index is 2410. The highest BCUT2D eigenvalue weighted by molar-refractivity contribution is 6.02. The van der Waals surface area contributed by atoms with Crippen LogP contribution in [0.5, 0.6) is 0 Å². The van der Waals surface area contributed by atoms with Crippen molar-refractivity contribution in [3.63, 3.8) is 0 Å². The number of hydrogen-bond donors (Lipinski definition) is 5. The highest BCUT2D eigenvalue weighted by atomic mass is 16.3. The summed E-state index contributed by atoms with van der Waals surface area (Å²) in [7, 11) is 9.75. The number of likely N-dealkylation sites (N-methyl/N-ethyl adjacent to an activating group) is 7. The molecule has 0 unspecified atom stereocenters. The molecule has 0 radical (unpaired) electrons. The molecule has 0 bridgehead atoms. The van der Waals surface area contributed by atoms with Gasteiger partial charge in [0.15, 0.2) is 0 Å². The molecule has 23 nitrogen and oxygen atoms in total. The maximum absolute atomic E-state index is 15.2. The minimum atomic E-state index is -1.64. The largest absolute Gasteiger partial charge is 0.390 e. The molecule has 1 heterocycles. The van der Waals surface area contributed by atoms with E-state index in [4.69, 9.17) is 0 Å². The third-order valence-corrected chi connectivity index (χ3v) is 16.2. The third-order valence-electron chi connectivity index (χ3n) is 16.2. The molecule has 0 aromatic rings. The van der Waals surface area contributed by atoms with Crippen LogP contribution in [0.1, 0.15) is 156 Å². The van der Waals surface area contributed by atoms with Crippen molar-refractivity contribution < 1.29 is 57.8 Å². The molecular formula is C63H111N11O12. The van der Waals surface area contributed by atoms with Gasteiger partial charge in [-0.15, -0.1) is 0 Å². The predicted octanol–water partition coefficient (Wildman–Crippen LogP) is 3.78. The quantitative estimate of drug-likeness (QED) is 0.116. The van der Waals surface area contributed by atoms with Crippen molar-refractivity contribution in [3.05, 3.63) is 24.4 Å². The predicted molar refractivity (Wildman–Crippen MR) is 333 cm³/mol. The Morgan fingerprint density at radius 2 is 0.872 bits per heavy atom. The molecule has 23 heteroatoms. The van der Waals surface area contributed by atoms with Gasteiger partial charge in [-0.05, 0) is 101 Å². The van der Waals surface area contributed by atoms with Crippen LogP contribution in [0, 0.1) is 41.4 Å². The normalized spacial score (nSPS) is 26.8. The van der Waals surface area contributed by atoms with Crippen LogP contribution in [0.25, 0.3) is 0 Å². The number of nitrogens with one attached hydrogen (secondary N) is 4. The highest BCUT2D eigenvalue weighted by Gasteiger charge is 2.46. The summed E-state index contributed by atoms with van der Waals surface area (Å²) in [6, 6.07) is -12.6. The minimum absolute atomic E-state index is 0.0255. The fourth-order valence-electron chi connectivity index (χ4n) is 10.7. The summed E-state index contributed by atoms with van der Waals surface area (Å²) in [6.07, 6.45) is 2.87. The van der Waals surface area contributed by atoms with E-state index in [1.54, 1.807) is 60.6 Å². The van der Waals surface area contributed by atoms with Crippen molar-refractivity contribution in [1.82, 2.24) is 55.6 Å². The zero-order valence-electron chi connectivity index (χ0n) is 56.6. The summed E-state index contributed by atoms with van der Waals surface area (Å²) in [4.78, 5) is 169. The van der Waals surface area contributed by atoms with Gasteiger partial charge in [0.05, 0.1) is 6.10 Å². The second kappa shape index (κ2) is 34.8. The van der Waals surface area contributed by atoms with Crippen LogP contribution in [-0.2, 0) is 52.7 Å². The van der Waals surface area contributed by atoms with Crippen LogP contribution in [-0.4, -0.2) is 220 Å². The van der Waals surface area contributed by atoms with Gasteiger partial charge in [-0.25, -0.2) is 0 Å². The summed E-state index contributed by atoms with van der Waals surface area (Å²) >= 11 is 0. The Kier molecular flexibility index (Phi) is 31.4. The van der Waals surface area contributed by atoms with E-state index in [-0.39, 0.29) is 61.5 Å². The second-order valence-corrected chi connectivity index (χ2v) is 26.2. The monoisotopic (exact) mass is 1210 g/mol. The van der Waals surface area contributed by atoms with Gasteiger partial charge in [-0.1, -0.05) is 116 Å². The Balaban J connectivity index is 4.38. The SMILES string of the molecule is C=C1C(=O)N(C)[C@@H](CC(C)C)C(=O)N[C@@H](C(C)C)C(=O)N(C)[C@@H](CC(C)C)C(=O)N[C@@H](C)C(=O)N[C@H](C)C(=O)N(C)[C@@H](CC(C)C)C(=O)N(C)[C@@H](CC(C)C)C(=O)N(C)[C@@H](C(C)C)C(=O)N(C)[C@@H]([C@H](O)[C@H](C)C/C=C/C)C(=O)N[C@@H](CC)C(=O)N1C. The molecule has 0 aromatic carbocycles. The van der Waals surface area contributed by atoms with Gasteiger partial charge in [0.25, 0.3) is 5.91 Å². The molecule has 86 heavy (non-hydrogen) atoms. The summed E-state index contributed by atoms with van der Waals surface area (Å²) in [6.45, 7) is 33.7. The number of carbonyl (C=O) groups is 11. The van der Waals surface area contributed by atoms with Crippen LogP contribution in [0.3, 0.4) is 0 Å². The topological polar surface area (TPSA) is 279 Å². The maximum atomic E-state index is 15.2. The van der Waals surface area contributed by atoms with Gasteiger partial charge in [-0.3, -0.25) is 52.7 Å². The maximum Gasteiger partial charge on any atom is 0.270 e. The standard InChI is InChI=1S/C63H111N11O12/c1-26-28-29-40(15)52(75)51-56(79)66-44(27-2)59(82)68(19)43(18)58(81)69(20)46(31-35(5)6)55(78)67-49(38(11)12)62(85)70(21)45(30-34(3)4)54(77)64-41(16)53(76)65-42(17)57(80)71(22)47(32-36(7)8)60(83)72(23)48(33-37(9)10)61(84)73(24)50(39(13)14)63(86)74(51)25/h26,28,34-42,44-52,75H,18,27,29-33H2,1-17,19-25H3,(H,64,77)(H,65,76)(H,66,79)(H,67,78)/b28-26+/t40-,41+,42-,44+,45+,46+,47+,48+,49+,50+,51+,52-/m1/s1. The first-order chi connectivity index (χ1) is 39.6. The number of nitrogens with zero attached hydrogens (tertiary/aromatic N) is 7. The van der Waals surface area contributed by atoms with Gasteiger partial charge in [0.2, 0.25) is 59.1 Å². The summed E-state index contributed by atoms with van der Waals surface area (Å²) < 4.78 is 0. The van der Waals surface area contributed by atoms with Crippen molar-refractivity contribution >= 4 is 65.0 Å². The smallest absolute Gasteiger partial charge is 0.270 e. The van der Waals surface area contributed by atoms with Crippen molar-refractivity contribution in [2.75, 3.05) is 49.3 Å². The van der Waals surface area contributed by atoms with Crippen LogP contribution >= 0.6 is 0 Å². The number of rotatable bonds is 15. The molecule has 0 saturated carbocycles. The molecule has 1 aliphatic rings. The van der Waals surface area contributed by atoms with Crippen LogP contribution in [0.15, 0.2) is 24.4 Å². The molecule has 1 aliphatic heterocycles. The molecule has 490 valence electrons. The van der Waals surface area contributed by atoms with E-state index in [9.17, 15) is 48.3 Å². The molecule has 1 saturated heterocycles. The average Bonchev–Trinajstić information content (AvgIpc) is 2.39. The van der Waals surface area contributed by atoms with E-state index in [0.29, 0.717) is 6.42 Å². The second-order valence-electron chi connectivity index (χ2n) is 26.2. The molecule has 0 aliphatic carbocycles. The number of hydrogen-bond acceptors (Lipinski definition) is 12. The zero-order chi connectivity index (χ0) is 66.8. The lowest BCUT2D eigenvalue weighted by Gasteiger charge is -2.41. The first kappa shape index (κ1) is 77.6. The van der Waals surface area contributed by atoms with E-state index in [1.165, 1.54) is 82.8 Å². The Morgan fingerprint density at radius 3 is 1.31 bits per heavy atom. The van der Waals surface area contributed by atoms with Gasteiger partial charge in [0.1, 0.15) is 66.1 Å². The van der Waals surface area contributed by atoms with E-state index in [2.05, 4.69) is 27.8 Å². The molecule has 1 fully saturated rings. The molecule has 12 atom stereocenters. The lowest BCUT2D eigenvalue weighted by Crippen LogP contribution is -2.63. The molecule has 5 N–H and O–H groups in total. The lowest BCUT2D eigenvalue weighted by atomic mass is 9.91. The van der Waals surface area contributed by atoms with Crippen molar-refractivity contribution in [2.45, 2.75) is 223 Å². The Morgan fingerprint density at radius 1 is 0.465 bits per heavy atom. The third kappa shape index (κ3) is 20.9. The van der Waals surface area contributed by atoms with Crippen LogP contribution in [0.2, 0.25) is 0 Å². The summed E-state index contributed by atoms with van der Waals surface area (Å²) in [5.41, 5.74) is -0.363. The lowest BCUT2D eigenvalue weighted by molar-refractivity contribution is -0.157. The average molecular weight is 1210 g/mol. The molecule has 1 rings (SSSR count). The number of aliphatic hydroxyl groups excluding tert-OH is 1. The first-order valence-corrected chi connectivity index (χ1v) is 30.7. The Labute approximate surface area is 514 Å². The van der Waals surface area contributed by atoms with E-state index >= 15 is 9.59 Å². The minimum Gasteiger partial charge on any atom is -0.390 e. The summed E-state index contributed by atoms with van der Waals surface area (Å²) in [5, 5.41) is 23.0. The molecular weight excluding hydrogens is 1100 g/mol. The number of amides is 11. The van der Waals surface area contributed by atoms with Gasteiger partial charge in [-0.2, -0.15) is 0 Å². The zero-order valence-corrected chi connectivity index (χ0v) is 56.6. The molecule has 11 amide bonds. The number of aliphatic hydroxyl groups is 1. The summed E-state index contributed by atoms with van der Waals surface area (Å²) in [5.74, 6) is -10.3. The Hall–Kier alpha value is -6.39. The van der Waals surface area contributed by atoms with Crippen molar-refractivity contribution in [1.29, 1.82) is 0 Å². The van der Waals surface area contributed by atoms with Crippen LogP contribution < -0.4 is 21.3 Å². The van der Waals surface area contributed by atoms with E-state index < -0.39 is 149 Å². The highest BCUT2D eigenvalue weighted by Crippen LogP contribution is 2.26. The van der Waals surface area contributed by atoms with Gasteiger partial charge < -0.3 is 60.7 Å². The fourth-order valence-corrected chi connectivity index (χ4v) is 10.7. The van der Waals surface area contributed by atoms with E-state index in [0.717, 1.165) is 14.7 Å². The van der Waals surface area contributed by atoms with Crippen molar-refractivity contribution in [2.24, 2.45) is 41.4 Å². The first-order valence-electron chi connectivity index (χ1n) is 30.7. The van der Waals surface area contributed by atoms with Gasteiger partial charge >= 0.3 is 0 Å². The van der Waals surface area contributed by atoms with Crippen molar-refractivity contribution in [3.8, 4) is 0 Å². The molecule has 0 spiro atoms. The van der Waals surface area contributed by atoms with Crippen LogP contribution in [0.4, 0.5) is 0 Å².